The summed E-state index contributed by atoms with van der Waals surface area (Å²) in [5.74, 6) is 0.685. The van der Waals surface area contributed by atoms with Gasteiger partial charge in [0.05, 0.1) is 0 Å². The summed E-state index contributed by atoms with van der Waals surface area (Å²) in [7, 11) is 0. The second-order valence-electron chi connectivity index (χ2n) is 9.94. The van der Waals surface area contributed by atoms with Crippen molar-refractivity contribution in [2.45, 2.75) is 117 Å². The van der Waals surface area contributed by atoms with Crippen molar-refractivity contribution in [3.63, 3.8) is 0 Å². The number of Topliss-reactive ketones (excluding diaryl/α,β-unsaturated/α-hetero) is 2. The fraction of sp³-hybridized carbons (Fsp3) is 0.733. The summed E-state index contributed by atoms with van der Waals surface area (Å²) in [5, 5.41) is 0. The number of rotatable bonds is 14. The van der Waals surface area contributed by atoms with Crippen molar-refractivity contribution in [1.29, 1.82) is 0 Å². The van der Waals surface area contributed by atoms with Crippen LogP contribution in [0.5, 0.6) is 0 Å². The van der Waals surface area contributed by atoms with Crippen LogP contribution in [0.4, 0.5) is 0 Å². The highest BCUT2D eigenvalue weighted by Gasteiger charge is 2.19. The molecule has 6 nitrogen and oxygen atoms in total. The maximum Gasteiger partial charge on any atom is 0.246 e. The molecule has 2 aliphatic rings. The van der Waals surface area contributed by atoms with Crippen LogP contribution in [0.2, 0.25) is 0 Å². The third-order valence-corrected chi connectivity index (χ3v) is 6.74. The number of allylic oxidation sites excluding steroid dienone is 2. The van der Waals surface area contributed by atoms with Gasteiger partial charge in [0.1, 0.15) is 11.6 Å². The molecule has 0 aromatic heterocycles. The number of hydrogen-bond acceptors (Lipinski definition) is 4. The summed E-state index contributed by atoms with van der Waals surface area (Å²) in [6.45, 7) is 6.80. The number of carbonyl (C=O) groups is 4. The van der Waals surface area contributed by atoms with Crippen LogP contribution in [-0.2, 0) is 19.2 Å². The molecular formula is C30H50N2O4. The predicted molar refractivity (Wildman–Crippen MR) is 147 cm³/mol. The Morgan fingerprint density at radius 2 is 0.917 bits per heavy atom. The van der Waals surface area contributed by atoms with E-state index in [0.717, 1.165) is 12.8 Å². The third-order valence-electron chi connectivity index (χ3n) is 6.74. The number of amides is 2. The minimum atomic E-state index is 0.0658. The Morgan fingerprint density at radius 1 is 0.583 bits per heavy atom. The number of likely N-dealkylation sites (tertiary alicyclic amines) is 2. The molecule has 0 N–H and O–H groups in total. The summed E-state index contributed by atoms with van der Waals surface area (Å²) < 4.78 is 0. The van der Waals surface area contributed by atoms with E-state index in [4.69, 9.17) is 0 Å². The van der Waals surface area contributed by atoms with Crippen LogP contribution in [0, 0.1) is 0 Å². The summed E-state index contributed by atoms with van der Waals surface area (Å²) in [6.07, 6.45) is 24.0. The van der Waals surface area contributed by atoms with Crippen LogP contribution in [0.25, 0.3) is 0 Å². The van der Waals surface area contributed by atoms with E-state index in [1.807, 2.05) is 12.2 Å². The first-order chi connectivity index (χ1) is 17.5. The molecule has 0 saturated carbocycles. The summed E-state index contributed by atoms with van der Waals surface area (Å²) >= 11 is 0. The van der Waals surface area contributed by atoms with Gasteiger partial charge in [-0.3, -0.25) is 19.2 Å². The van der Waals surface area contributed by atoms with Crippen LogP contribution < -0.4 is 0 Å². The van der Waals surface area contributed by atoms with Crippen LogP contribution >= 0.6 is 0 Å². The van der Waals surface area contributed by atoms with Crippen LogP contribution in [0.15, 0.2) is 24.3 Å². The lowest BCUT2D eigenvalue weighted by Crippen LogP contribution is -2.37. The third kappa shape index (κ3) is 15.7. The zero-order chi connectivity index (χ0) is 26.4. The zero-order valence-corrected chi connectivity index (χ0v) is 23.0. The molecule has 2 heterocycles. The number of hydrogen-bond donors (Lipinski definition) is 0. The van der Waals surface area contributed by atoms with E-state index in [1.165, 1.54) is 64.2 Å². The molecule has 0 aromatic rings. The van der Waals surface area contributed by atoms with Gasteiger partial charge in [0.2, 0.25) is 11.8 Å². The standard InChI is InChI=1S/2C15H25NO2/c2*1-2-3-4-5-6-7-8-9-15(18)16-12-10-14(17)11-13-16/h2*8-9H,2-7,10-13H2,1H3/b2*9-8+. The van der Waals surface area contributed by atoms with E-state index in [1.54, 1.807) is 22.0 Å². The molecule has 0 spiro atoms. The highest BCUT2D eigenvalue weighted by atomic mass is 16.2. The monoisotopic (exact) mass is 502 g/mol. The Bertz CT molecular complexity index is 634. The quantitative estimate of drug-likeness (QED) is 0.210. The van der Waals surface area contributed by atoms with Gasteiger partial charge in [0, 0.05) is 51.9 Å². The molecule has 0 bridgehead atoms. The first kappa shape index (κ1) is 31.8. The maximum atomic E-state index is 11.8. The smallest absolute Gasteiger partial charge is 0.246 e. The summed E-state index contributed by atoms with van der Waals surface area (Å²) in [5.41, 5.74) is 0. The zero-order valence-electron chi connectivity index (χ0n) is 23.0. The van der Waals surface area contributed by atoms with Gasteiger partial charge >= 0.3 is 0 Å². The van der Waals surface area contributed by atoms with E-state index < -0.39 is 0 Å². The van der Waals surface area contributed by atoms with Crippen molar-refractivity contribution in [1.82, 2.24) is 9.80 Å². The molecule has 2 fully saturated rings. The highest BCUT2D eigenvalue weighted by Crippen LogP contribution is 2.09. The Hall–Kier alpha value is -2.24. The first-order valence-electron chi connectivity index (χ1n) is 14.4. The normalized spacial score (nSPS) is 16.5. The lowest BCUT2D eigenvalue weighted by Gasteiger charge is -2.24. The van der Waals surface area contributed by atoms with Crippen molar-refractivity contribution in [3.8, 4) is 0 Å². The average molecular weight is 503 g/mol. The molecule has 2 rings (SSSR count). The molecule has 0 aliphatic carbocycles. The fourth-order valence-electron chi connectivity index (χ4n) is 4.26. The Balaban J connectivity index is 0.000000360. The van der Waals surface area contributed by atoms with Crippen molar-refractivity contribution in [2.24, 2.45) is 0 Å². The second kappa shape index (κ2) is 20.9. The molecule has 2 saturated heterocycles. The lowest BCUT2D eigenvalue weighted by atomic mass is 10.1. The molecule has 0 unspecified atom stereocenters. The van der Waals surface area contributed by atoms with E-state index in [0.29, 0.717) is 51.9 Å². The molecule has 2 amide bonds. The number of nitrogens with zero attached hydrogens (tertiary/aromatic N) is 2. The first-order valence-corrected chi connectivity index (χ1v) is 14.4. The molecule has 0 atom stereocenters. The maximum absolute atomic E-state index is 11.8. The molecule has 6 heteroatoms. The summed E-state index contributed by atoms with van der Waals surface area (Å²) in [6, 6.07) is 0. The number of unbranched alkanes of at least 4 members (excludes halogenated alkanes) is 10. The number of ketones is 2. The molecule has 0 aromatic carbocycles. The van der Waals surface area contributed by atoms with Gasteiger partial charge in [0.25, 0.3) is 0 Å². The Morgan fingerprint density at radius 3 is 1.25 bits per heavy atom. The van der Waals surface area contributed by atoms with Gasteiger partial charge in [-0.05, 0) is 37.8 Å². The topological polar surface area (TPSA) is 74.8 Å². The molecule has 204 valence electrons. The predicted octanol–water partition coefficient (Wildman–Crippen LogP) is 6.19. The number of carbonyl (C=O) groups excluding carboxylic acids is 4. The van der Waals surface area contributed by atoms with E-state index in [2.05, 4.69) is 13.8 Å². The van der Waals surface area contributed by atoms with Crippen LogP contribution in [0.1, 0.15) is 117 Å². The van der Waals surface area contributed by atoms with Gasteiger partial charge in [-0.25, -0.2) is 0 Å². The van der Waals surface area contributed by atoms with E-state index >= 15 is 0 Å². The van der Waals surface area contributed by atoms with Crippen molar-refractivity contribution >= 4 is 23.4 Å². The van der Waals surface area contributed by atoms with Gasteiger partial charge in [-0.1, -0.05) is 77.4 Å². The molecule has 0 radical (unpaired) electrons. The van der Waals surface area contributed by atoms with Crippen molar-refractivity contribution in [3.05, 3.63) is 24.3 Å². The summed E-state index contributed by atoms with van der Waals surface area (Å²) in [4.78, 5) is 49.2. The van der Waals surface area contributed by atoms with Crippen LogP contribution in [0.3, 0.4) is 0 Å². The minimum absolute atomic E-state index is 0.0658. The van der Waals surface area contributed by atoms with Gasteiger partial charge < -0.3 is 9.80 Å². The highest BCUT2D eigenvalue weighted by molar-refractivity contribution is 5.90. The Kier molecular flexibility index (Phi) is 18.5. The van der Waals surface area contributed by atoms with Gasteiger partial charge in [-0.15, -0.1) is 0 Å². The average Bonchev–Trinajstić information content (AvgIpc) is 2.88. The Labute approximate surface area is 219 Å². The minimum Gasteiger partial charge on any atom is -0.338 e. The van der Waals surface area contributed by atoms with E-state index in [-0.39, 0.29) is 23.4 Å². The fourth-order valence-corrected chi connectivity index (χ4v) is 4.26. The molecular weight excluding hydrogens is 452 g/mol. The van der Waals surface area contributed by atoms with E-state index in [9.17, 15) is 19.2 Å². The van der Waals surface area contributed by atoms with Crippen LogP contribution in [-0.4, -0.2) is 59.4 Å². The van der Waals surface area contributed by atoms with Crippen molar-refractivity contribution in [2.75, 3.05) is 26.2 Å². The van der Waals surface area contributed by atoms with Crippen molar-refractivity contribution < 1.29 is 19.2 Å². The second-order valence-corrected chi connectivity index (χ2v) is 9.94. The van der Waals surface area contributed by atoms with Gasteiger partial charge in [0.15, 0.2) is 0 Å². The SMILES string of the molecule is CCCCCCC/C=C/C(=O)N1CCC(=O)CC1.CCCCCCC/C=C/C(=O)N1CCC(=O)CC1. The largest absolute Gasteiger partial charge is 0.338 e. The van der Waals surface area contributed by atoms with Gasteiger partial charge in [-0.2, -0.15) is 0 Å². The molecule has 2 aliphatic heterocycles. The molecule has 36 heavy (non-hydrogen) atoms. The number of piperidine rings is 2. The lowest BCUT2D eigenvalue weighted by molar-refractivity contribution is -0.132.